The number of nitrogens with zero attached hydrogens (tertiary/aromatic N) is 4. The first-order valence-electron chi connectivity index (χ1n) is 9.08. The van der Waals surface area contributed by atoms with Gasteiger partial charge in [0.05, 0.1) is 18.4 Å². The van der Waals surface area contributed by atoms with E-state index in [2.05, 4.69) is 40.0 Å². The Kier molecular flexibility index (Phi) is 5.82. The summed E-state index contributed by atoms with van der Waals surface area (Å²) in [6.45, 7) is 2.08. The van der Waals surface area contributed by atoms with Gasteiger partial charge in [0, 0.05) is 23.9 Å². The number of hydrogen-bond donors (Lipinski definition) is 1. The molecule has 0 radical (unpaired) electrons. The molecule has 29 heavy (non-hydrogen) atoms. The lowest BCUT2D eigenvalue weighted by Gasteiger charge is -2.08. The standard InChI is InChI=1S/C21H21N5OS2/c1-14-8-4-6-10-17(14)23-20-22-15(12-28-20)13-29-21-25-24-19(26(21)2)16-9-5-7-11-18(16)27-3/h4-12H,13H2,1-3H3,(H,22,23). The van der Waals surface area contributed by atoms with Gasteiger partial charge in [-0.15, -0.1) is 21.5 Å². The Morgan fingerprint density at radius 2 is 1.90 bits per heavy atom. The Morgan fingerprint density at radius 3 is 2.72 bits per heavy atom. The Hall–Kier alpha value is -2.84. The molecule has 0 bridgehead atoms. The van der Waals surface area contributed by atoms with E-state index in [9.17, 15) is 0 Å². The molecule has 0 amide bonds. The highest BCUT2D eigenvalue weighted by Crippen LogP contribution is 2.31. The van der Waals surface area contributed by atoms with Gasteiger partial charge in [-0.3, -0.25) is 0 Å². The minimum atomic E-state index is 0.726. The van der Waals surface area contributed by atoms with Crippen LogP contribution in [0.5, 0.6) is 5.75 Å². The molecule has 0 aliphatic heterocycles. The molecule has 6 nitrogen and oxygen atoms in total. The zero-order valence-electron chi connectivity index (χ0n) is 16.4. The number of aryl methyl sites for hydroxylation is 1. The molecule has 4 rings (SSSR count). The molecule has 2 aromatic heterocycles. The number of nitrogens with one attached hydrogen (secondary N) is 1. The third-order valence-electron chi connectivity index (χ3n) is 4.47. The molecule has 1 N–H and O–H groups in total. The summed E-state index contributed by atoms with van der Waals surface area (Å²) in [7, 11) is 3.63. The van der Waals surface area contributed by atoms with E-state index >= 15 is 0 Å². The molecule has 8 heteroatoms. The lowest BCUT2D eigenvalue weighted by Crippen LogP contribution is -1.97. The van der Waals surface area contributed by atoms with E-state index in [-0.39, 0.29) is 0 Å². The third-order valence-corrected chi connectivity index (χ3v) is 6.33. The fourth-order valence-corrected chi connectivity index (χ4v) is 4.53. The summed E-state index contributed by atoms with van der Waals surface area (Å²) >= 11 is 3.22. The molecule has 0 aliphatic carbocycles. The van der Waals surface area contributed by atoms with Gasteiger partial charge in [-0.1, -0.05) is 42.1 Å². The number of thioether (sulfide) groups is 1. The van der Waals surface area contributed by atoms with Crippen LogP contribution in [-0.4, -0.2) is 26.9 Å². The SMILES string of the molecule is COc1ccccc1-c1nnc(SCc2csc(Nc3ccccc3C)n2)n1C. The summed E-state index contributed by atoms with van der Waals surface area (Å²) in [4.78, 5) is 4.69. The minimum absolute atomic E-state index is 0.726. The predicted octanol–water partition coefficient (Wildman–Crippen LogP) is 5.29. The van der Waals surface area contributed by atoms with Gasteiger partial charge in [-0.2, -0.15) is 0 Å². The minimum Gasteiger partial charge on any atom is -0.496 e. The van der Waals surface area contributed by atoms with E-state index in [0.717, 1.165) is 44.6 Å². The van der Waals surface area contributed by atoms with Crippen molar-refractivity contribution < 1.29 is 4.74 Å². The average molecular weight is 424 g/mol. The Balaban J connectivity index is 1.45. The van der Waals surface area contributed by atoms with Crippen molar-refractivity contribution in [3.63, 3.8) is 0 Å². The summed E-state index contributed by atoms with van der Waals surface area (Å²) in [6, 6.07) is 16.0. The van der Waals surface area contributed by atoms with Gasteiger partial charge < -0.3 is 14.6 Å². The molecule has 0 atom stereocenters. The quantitative estimate of drug-likeness (QED) is 0.407. The summed E-state index contributed by atoms with van der Waals surface area (Å²) in [6.07, 6.45) is 0. The fraction of sp³-hybridized carbons (Fsp3) is 0.190. The smallest absolute Gasteiger partial charge is 0.191 e. The lowest BCUT2D eigenvalue weighted by molar-refractivity contribution is 0.416. The summed E-state index contributed by atoms with van der Waals surface area (Å²) < 4.78 is 7.44. The molecule has 4 aromatic rings. The van der Waals surface area contributed by atoms with Crippen LogP contribution < -0.4 is 10.1 Å². The maximum absolute atomic E-state index is 5.45. The van der Waals surface area contributed by atoms with Gasteiger partial charge in [0.25, 0.3) is 0 Å². The molecule has 0 saturated carbocycles. The van der Waals surface area contributed by atoms with Crippen molar-refractivity contribution in [1.29, 1.82) is 0 Å². The molecule has 0 unspecified atom stereocenters. The number of hydrogen-bond acceptors (Lipinski definition) is 7. The number of methoxy groups -OCH3 is 1. The number of anilines is 2. The molecule has 2 aromatic carbocycles. The monoisotopic (exact) mass is 423 g/mol. The first-order chi connectivity index (χ1) is 14.2. The maximum atomic E-state index is 5.45. The maximum Gasteiger partial charge on any atom is 0.191 e. The van der Waals surface area contributed by atoms with Crippen LogP contribution >= 0.6 is 23.1 Å². The first-order valence-corrected chi connectivity index (χ1v) is 10.9. The molecule has 0 saturated heterocycles. The normalized spacial score (nSPS) is 10.9. The van der Waals surface area contributed by atoms with Gasteiger partial charge in [-0.05, 0) is 30.7 Å². The lowest BCUT2D eigenvalue weighted by atomic mass is 10.2. The fourth-order valence-electron chi connectivity index (χ4n) is 2.90. The van der Waals surface area contributed by atoms with E-state index in [0.29, 0.717) is 0 Å². The summed E-state index contributed by atoms with van der Waals surface area (Å²) in [5.74, 6) is 2.29. The first kappa shape index (κ1) is 19.5. The zero-order chi connectivity index (χ0) is 20.2. The van der Waals surface area contributed by atoms with Crippen molar-refractivity contribution in [2.75, 3.05) is 12.4 Å². The van der Waals surface area contributed by atoms with E-state index in [1.54, 1.807) is 30.2 Å². The van der Waals surface area contributed by atoms with E-state index in [1.807, 2.05) is 48.0 Å². The predicted molar refractivity (Wildman–Crippen MR) is 119 cm³/mol. The van der Waals surface area contributed by atoms with Crippen LogP contribution in [0.3, 0.4) is 0 Å². The Labute approximate surface area is 178 Å². The van der Waals surface area contributed by atoms with Gasteiger partial charge in [0.1, 0.15) is 5.75 Å². The summed E-state index contributed by atoms with van der Waals surface area (Å²) in [5, 5.41) is 15.9. The second kappa shape index (κ2) is 8.67. The second-order valence-corrected chi connectivity index (χ2v) is 8.24. The van der Waals surface area contributed by atoms with Crippen molar-refractivity contribution in [2.24, 2.45) is 7.05 Å². The number of para-hydroxylation sites is 2. The van der Waals surface area contributed by atoms with Gasteiger partial charge in [-0.25, -0.2) is 4.98 Å². The molecular weight excluding hydrogens is 402 g/mol. The Bertz CT molecular complexity index is 1120. The van der Waals surface area contributed by atoms with Crippen LogP contribution in [0.25, 0.3) is 11.4 Å². The highest BCUT2D eigenvalue weighted by Gasteiger charge is 2.15. The number of benzene rings is 2. The van der Waals surface area contributed by atoms with Crippen molar-refractivity contribution >= 4 is 33.9 Å². The molecule has 0 aliphatic rings. The van der Waals surface area contributed by atoms with Gasteiger partial charge in [0.15, 0.2) is 16.1 Å². The second-order valence-electron chi connectivity index (χ2n) is 6.44. The zero-order valence-corrected chi connectivity index (χ0v) is 18.0. The van der Waals surface area contributed by atoms with E-state index < -0.39 is 0 Å². The van der Waals surface area contributed by atoms with Crippen LogP contribution in [0.4, 0.5) is 10.8 Å². The third kappa shape index (κ3) is 4.28. The van der Waals surface area contributed by atoms with Gasteiger partial charge >= 0.3 is 0 Å². The summed E-state index contributed by atoms with van der Waals surface area (Å²) in [5.41, 5.74) is 4.21. The van der Waals surface area contributed by atoms with Crippen LogP contribution in [0.2, 0.25) is 0 Å². The van der Waals surface area contributed by atoms with Crippen molar-refractivity contribution in [2.45, 2.75) is 17.8 Å². The molecule has 2 heterocycles. The van der Waals surface area contributed by atoms with Gasteiger partial charge in [0.2, 0.25) is 0 Å². The molecule has 0 fully saturated rings. The van der Waals surface area contributed by atoms with Crippen LogP contribution in [0.1, 0.15) is 11.3 Å². The van der Waals surface area contributed by atoms with Crippen molar-refractivity contribution in [1.82, 2.24) is 19.7 Å². The van der Waals surface area contributed by atoms with Crippen LogP contribution in [0, 0.1) is 6.92 Å². The average Bonchev–Trinajstić information content (AvgIpc) is 3.34. The van der Waals surface area contributed by atoms with Crippen LogP contribution in [-0.2, 0) is 12.8 Å². The van der Waals surface area contributed by atoms with E-state index in [4.69, 9.17) is 9.72 Å². The topological polar surface area (TPSA) is 64.9 Å². The van der Waals surface area contributed by atoms with Crippen LogP contribution in [0.15, 0.2) is 59.1 Å². The van der Waals surface area contributed by atoms with Crippen molar-refractivity contribution in [3.05, 3.63) is 65.2 Å². The van der Waals surface area contributed by atoms with E-state index in [1.165, 1.54) is 5.56 Å². The largest absolute Gasteiger partial charge is 0.496 e. The number of aromatic nitrogens is 4. The number of rotatable bonds is 7. The highest BCUT2D eigenvalue weighted by molar-refractivity contribution is 7.98. The Morgan fingerprint density at radius 1 is 1.10 bits per heavy atom. The molecular formula is C21H21N5OS2. The molecule has 148 valence electrons. The number of ether oxygens (including phenoxy) is 1. The van der Waals surface area contributed by atoms with Crippen molar-refractivity contribution in [3.8, 4) is 17.1 Å². The molecule has 0 spiro atoms. The number of thiazole rings is 1. The highest BCUT2D eigenvalue weighted by atomic mass is 32.2.